The SMILES string of the molecule is CCC(OCC=O)C(C)OP1(=O)OCC(C)(C)CO1. The van der Waals surface area contributed by atoms with Crippen LogP contribution in [0.25, 0.3) is 0 Å². The van der Waals surface area contributed by atoms with Crippen LogP contribution < -0.4 is 0 Å². The Hall–Kier alpha value is -0.260. The molecule has 0 aromatic rings. The number of carbonyl (C=O) groups is 1. The monoisotopic (exact) mass is 294 g/mol. The maximum absolute atomic E-state index is 12.2. The summed E-state index contributed by atoms with van der Waals surface area (Å²) in [5, 5.41) is 0. The summed E-state index contributed by atoms with van der Waals surface area (Å²) < 4.78 is 33.4. The molecule has 1 aliphatic heterocycles. The van der Waals surface area contributed by atoms with Crippen LogP contribution in [0.3, 0.4) is 0 Å². The molecule has 2 unspecified atom stereocenters. The first kappa shape index (κ1) is 16.8. The van der Waals surface area contributed by atoms with Crippen molar-refractivity contribution < 1.29 is 27.7 Å². The molecule has 0 saturated carbocycles. The third-order valence-electron chi connectivity index (χ3n) is 2.83. The number of phosphoric ester groups is 1. The zero-order valence-electron chi connectivity index (χ0n) is 12.0. The van der Waals surface area contributed by atoms with Crippen molar-refractivity contribution in [3.8, 4) is 0 Å². The van der Waals surface area contributed by atoms with Gasteiger partial charge in [0.25, 0.3) is 0 Å². The van der Waals surface area contributed by atoms with Crippen molar-refractivity contribution in [1.82, 2.24) is 0 Å². The summed E-state index contributed by atoms with van der Waals surface area (Å²) in [6.07, 6.45) is 0.517. The topological polar surface area (TPSA) is 71.1 Å². The largest absolute Gasteiger partial charge is 0.475 e. The molecular weight excluding hydrogens is 271 g/mol. The number of rotatable bonds is 7. The van der Waals surface area contributed by atoms with E-state index in [4.69, 9.17) is 18.3 Å². The van der Waals surface area contributed by atoms with Crippen molar-refractivity contribution in [3.05, 3.63) is 0 Å². The third-order valence-corrected chi connectivity index (χ3v) is 4.31. The summed E-state index contributed by atoms with van der Waals surface area (Å²) in [5.74, 6) is 0. The van der Waals surface area contributed by atoms with Crippen LogP contribution in [0, 0.1) is 5.41 Å². The second kappa shape index (κ2) is 6.95. The quantitative estimate of drug-likeness (QED) is 0.531. The van der Waals surface area contributed by atoms with Crippen LogP contribution in [-0.4, -0.2) is 38.3 Å². The number of hydrogen-bond donors (Lipinski definition) is 0. The first-order valence-electron chi connectivity index (χ1n) is 6.44. The fourth-order valence-electron chi connectivity index (χ4n) is 1.67. The highest BCUT2D eigenvalue weighted by Gasteiger charge is 2.40. The van der Waals surface area contributed by atoms with Crippen LogP contribution in [0.5, 0.6) is 0 Å². The summed E-state index contributed by atoms with van der Waals surface area (Å²) in [7, 11) is -3.52. The molecule has 1 aliphatic rings. The maximum Gasteiger partial charge on any atom is 0.475 e. The number of aldehydes is 1. The van der Waals surface area contributed by atoms with Gasteiger partial charge < -0.3 is 9.53 Å². The van der Waals surface area contributed by atoms with Crippen LogP contribution in [0.1, 0.15) is 34.1 Å². The fourth-order valence-corrected chi connectivity index (χ4v) is 3.42. The normalized spacial score (nSPS) is 24.6. The van der Waals surface area contributed by atoms with Gasteiger partial charge in [0.1, 0.15) is 12.9 Å². The molecule has 0 spiro atoms. The molecule has 1 rings (SSSR count). The first-order chi connectivity index (χ1) is 8.82. The van der Waals surface area contributed by atoms with Crippen molar-refractivity contribution in [3.63, 3.8) is 0 Å². The van der Waals surface area contributed by atoms with Gasteiger partial charge in [-0.3, -0.25) is 13.6 Å². The highest BCUT2D eigenvalue weighted by atomic mass is 31.2. The van der Waals surface area contributed by atoms with E-state index in [9.17, 15) is 9.36 Å². The molecular formula is C12H23O6P. The minimum Gasteiger partial charge on any atom is -0.368 e. The molecule has 0 aromatic heterocycles. The van der Waals surface area contributed by atoms with E-state index in [0.717, 1.165) is 0 Å². The van der Waals surface area contributed by atoms with E-state index in [1.165, 1.54) is 0 Å². The highest BCUT2D eigenvalue weighted by Crippen LogP contribution is 2.55. The van der Waals surface area contributed by atoms with Crippen LogP contribution in [0.15, 0.2) is 0 Å². The molecule has 1 heterocycles. The average molecular weight is 294 g/mol. The Kier molecular flexibility index (Phi) is 6.15. The molecule has 0 N–H and O–H groups in total. The third kappa shape index (κ3) is 5.32. The van der Waals surface area contributed by atoms with Crippen molar-refractivity contribution in [2.75, 3.05) is 19.8 Å². The molecule has 6 nitrogen and oxygen atoms in total. The van der Waals surface area contributed by atoms with Crippen molar-refractivity contribution >= 4 is 14.1 Å². The van der Waals surface area contributed by atoms with Crippen LogP contribution in [0.4, 0.5) is 0 Å². The Morgan fingerprint density at radius 3 is 2.42 bits per heavy atom. The van der Waals surface area contributed by atoms with Gasteiger partial charge in [-0.15, -0.1) is 0 Å². The molecule has 1 saturated heterocycles. The van der Waals surface area contributed by atoms with Gasteiger partial charge in [0.2, 0.25) is 0 Å². The molecule has 0 radical (unpaired) electrons. The Bertz CT molecular complexity index is 329. The second-order valence-electron chi connectivity index (χ2n) is 5.42. The van der Waals surface area contributed by atoms with Crippen LogP contribution in [0.2, 0.25) is 0 Å². The van der Waals surface area contributed by atoms with E-state index >= 15 is 0 Å². The zero-order valence-corrected chi connectivity index (χ0v) is 12.9. The van der Waals surface area contributed by atoms with Gasteiger partial charge in [-0.05, 0) is 13.3 Å². The van der Waals surface area contributed by atoms with Crippen molar-refractivity contribution in [1.29, 1.82) is 0 Å². The molecule has 7 heteroatoms. The number of ether oxygens (including phenoxy) is 1. The first-order valence-corrected chi connectivity index (χ1v) is 7.91. The van der Waals surface area contributed by atoms with Gasteiger partial charge >= 0.3 is 7.82 Å². The summed E-state index contributed by atoms with van der Waals surface area (Å²) in [4.78, 5) is 10.3. The van der Waals surface area contributed by atoms with Crippen LogP contribution in [-0.2, 0) is 27.7 Å². The minimum absolute atomic E-state index is 0.00868. The van der Waals surface area contributed by atoms with Crippen molar-refractivity contribution in [2.24, 2.45) is 5.41 Å². The maximum atomic E-state index is 12.2. The Morgan fingerprint density at radius 2 is 1.95 bits per heavy atom. The zero-order chi connectivity index (χ0) is 14.5. The van der Waals surface area contributed by atoms with E-state index in [2.05, 4.69) is 0 Å². The van der Waals surface area contributed by atoms with E-state index in [-0.39, 0.29) is 18.1 Å². The standard InChI is InChI=1S/C12H23O6P/c1-5-11(15-7-6-13)10(2)18-19(14)16-8-12(3,4)9-17-19/h6,10-11H,5,7-9H2,1-4H3. The molecule has 19 heavy (non-hydrogen) atoms. The second-order valence-corrected chi connectivity index (χ2v) is 7.04. The van der Waals surface area contributed by atoms with Gasteiger partial charge in [0.05, 0.1) is 25.4 Å². The average Bonchev–Trinajstić information content (AvgIpc) is 2.35. The Morgan fingerprint density at radius 1 is 1.37 bits per heavy atom. The number of hydrogen-bond acceptors (Lipinski definition) is 6. The summed E-state index contributed by atoms with van der Waals surface area (Å²) >= 11 is 0. The van der Waals surface area contributed by atoms with Crippen molar-refractivity contribution in [2.45, 2.75) is 46.3 Å². The highest BCUT2D eigenvalue weighted by molar-refractivity contribution is 7.48. The lowest BCUT2D eigenvalue weighted by Crippen LogP contribution is -2.33. The van der Waals surface area contributed by atoms with Gasteiger partial charge in [-0.25, -0.2) is 4.57 Å². The lowest BCUT2D eigenvalue weighted by molar-refractivity contribution is -0.116. The van der Waals surface area contributed by atoms with E-state index < -0.39 is 13.9 Å². The Labute approximate surface area is 114 Å². The molecule has 0 bridgehead atoms. The molecule has 112 valence electrons. The summed E-state index contributed by atoms with van der Waals surface area (Å²) in [6.45, 7) is 8.18. The lowest BCUT2D eigenvalue weighted by atomic mass is 9.97. The number of phosphoric acid groups is 1. The van der Waals surface area contributed by atoms with Gasteiger partial charge in [-0.2, -0.15) is 0 Å². The molecule has 2 atom stereocenters. The van der Waals surface area contributed by atoms with E-state index in [1.54, 1.807) is 6.92 Å². The molecule has 0 aliphatic carbocycles. The van der Waals surface area contributed by atoms with Gasteiger partial charge in [0.15, 0.2) is 0 Å². The number of carbonyl (C=O) groups excluding carboxylic acids is 1. The lowest BCUT2D eigenvalue weighted by Gasteiger charge is -2.35. The summed E-state index contributed by atoms with van der Waals surface area (Å²) in [5.41, 5.74) is -0.168. The minimum atomic E-state index is -3.52. The van der Waals surface area contributed by atoms with E-state index in [1.807, 2.05) is 20.8 Å². The summed E-state index contributed by atoms with van der Waals surface area (Å²) in [6, 6.07) is 0. The molecule has 1 fully saturated rings. The van der Waals surface area contributed by atoms with E-state index in [0.29, 0.717) is 25.9 Å². The van der Waals surface area contributed by atoms with Gasteiger partial charge in [-0.1, -0.05) is 20.8 Å². The molecule has 0 amide bonds. The van der Waals surface area contributed by atoms with Crippen LogP contribution >= 0.6 is 7.82 Å². The smallest absolute Gasteiger partial charge is 0.368 e. The Balaban J connectivity index is 2.53. The van der Waals surface area contributed by atoms with Gasteiger partial charge in [0, 0.05) is 5.41 Å². The predicted molar refractivity (Wildman–Crippen MR) is 69.9 cm³/mol. The predicted octanol–water partition coefficient (Wildman–Crippen LogP) is 2.57. The fraction of sp³-hybridized carbons (Fsp3) is 0.917. The molecule has 0 aromatic carbocycles.